The highest BCUT2D eigenvalue weighted by atomic mass is 35.5. The van der Waals surface area contributed by atoms with E-state index in [1.54, 1.807) is 6.92 Å². The van der Waals surface area contributed by atoms with E-state index in [2.05, 4.69) is 4.72 Å². The Kier molecular flexibility index (Phi) is 4.78. The van der Waals surface area contributed by atoms with Crippen molar-refractivity contribution in [3.8, 4) is 0 Å². The summed E-state index contributed by atoms with van der Waals surface area (Å²) < 4.78 is 26.9. The highest BCUT2D eigenvalue weighted by molar-refractivity contribution is 7.89. The molecular formula is C12H17ClN2O4S. The molecule has 0 spiro atoms. The monoisotopic (exact) mass is 320 g/mol. The molecule has 0 unspecified atom stereocenters. The molecule has 20 heavy (non-hydrogen) atoms. The molecule has 1 aromatic rings. The number of nitrogens with zero attached hydrogens (tertiary/aromatic N) is 1. The first-order chi connectivity index (χ1) is 8.94. The molecular weight excluding hydrogens is 304 g/mol. The van der Waals surface area contributed by atoms with Crippen molar-refractivity contribution >= 4 is 27.3 Å². The van der Waals surface area contributed by atoms with Crippen LogP contribution in [0.15, 0.2) is 17.0 Å². The van der Waals surface area contributed by atoms with Crippen LogP contribution in [-0.2, 0) is 10.0 Å². The molecule has 0 aliphatic heterocycles. The third-order valence-corrected chi connectivity index (χ3v) is 4.37. The largest absolute Gasteiger partial charge is 0.289 e. The first-order valence-electron chi connectivity index (χ1n) is 5.88. The number of hydrogen-bond donors (Lipinski definition) is 1. The van der Waals surface area contributed by atoms with Crippen molar-refractivity contribution in [1.29, 1.82) is 0 Å². The third kappa shape index (κ3) is 4.16. The number of nitrogens with one attached hydrogen (secondary N) is 1. The first-order valence-corrected chi connectivity index (χ1v) is 7.74. The molecule has 0 bridgehead atoms. The molecule has 0 amide bonds. The second-order valence-electron chi connectivity index (χ2n) is 5.71. The quantitative estimate of drug-likeness (QED) is 0.682. The zero-order valence-electron chi connectivity index (χ0n) is 11.7. The van der Waals surface area contributed by atoms with Crippen molar-refractivity contribution in [1.82, 2.24) is 4.72 Å². The highest BCUT2D eigenvalue weighted by Gasteiger charge is 2.24. The van der Waals surface area contributed by atoms with Crippen molar-refractivity contribution < 1.29 is 13.3 Å². The van der Waals surface area contributed by atoms with Crippen LogP contribution in [0.1, 0.15) is 26.3 Å². The van der Waals surface area contributed by atoms with E-state index in [1.165, 1.54) is 6.07 Å². The van der Waals surface area contributed by atoms with E-state index < -0.39 is 20.6 Å². The zero-order chi connectivity index (χ0) is 15.7. The minimum Gasteiger partial charge on any atom is -0.258 e. The number of hydrogen-bond acceptors (Lipinski definition) is 4. The maximum Gasteiger partial charge on any atom is 0.289 e. The van der Waals surface area contributed by atoms with Crippen LogP contribution in [0, 0.1) is 22.5 Å². The average molecular weight is 321 g/mol. The van der Waals surface area contributed by atoms with Gasteiger partial charge in [-0.25, -0.2) is 13.1 Å². The molecule has 0 fully saturated rings. The van der Waals surface area contributed by atoms with Crippen molar-refractivity contribution in [2.75, 3.05) is 6.54 Å². The highest BCUT2D eigenvalue weighted by Crippen LogP contribution is 2.30. The number of nitro benzene ring substituents is 1. The average Bonchev–Trinajstić information content (AvgIpc) is 2.24. The molecule has 8 heteroatoms. The molecule has 6 nitrogen and oxygen atoms in total. The van der Waals surface area contributed by atoms with Gasteiger partial charge >= 0.3 is 0 Å². The zero-order valence-corrected chi connectivity index (χ0v) is 13.3. The molecule has 0 aliphatic rings. The fraction of sp³-hybridized carbons (Fsp3) is 0.500. The lowest BCUT2D eigenvalue weighted by atomic mass is 9.98. The molecule has 0 atom stereocenters. The summed E-state index contributed by atoms with van der Waals surface area (Å²) in [5, 5.41) is 10.8. The van der Waals surface area contributed by atoms with Gasteiger partial charge in [-0.15, -0.1) is 0 Å². The summed E-state index contributed by atoms with van der Waals surface area (Å²) >= 11 is 5.74. The van der Waals surface area contributed by atoms with E-state index >= 15 is 0 Å². The lowest BCUT2D eigenvalue weighted by Crippen LogP contribution is -2.32. The maximum atomic E-state index is 12.2. The Bertz CT molecular complexity index is 636. The van der Waals surface area contributed by atoms with E-state index in [-0.39, 0.29) is 21.9 Å². The molecule has 0 saturated heterocycles. The van der Waals surface area contributed by atoms with Gasteiger partial charge in [0.2, 0.25) is 10.0 Å². The Morgan fingerprint density at radius 1 is 1.35 bits per heavy atom. The van der Waals surface area contributed by atoms with Gasteiger partial charge in [-0.2, -0.15) is 0 Å². The Morgan fingerprint density at radius 3 is 2.35 bits per heavy atom. The summed E-state index contributed by atoms with van der Waals surface area (Å²) in [5.41, 5.74) is -0.297. The first kappa shape index (κ1) is 16.9. The normalized spacial score (nSPS) is 12.4. The molecule has 0 radical (unpaired) electrons. The SMILES string of the molecule is Cc1cc(Cl)c([N+](=O)[O-])cc1S(=O)(=O)NCC(C)(C)C. The number of rotatable bonds is 4. The molecule has 1 N–H and O–H groups in total. The van der Waals surface area contributed by atoms with Crippen molar-refractivity contribution in [3.05, 3.63) is 32.8 Å². The van der Waals surface area contributed by atoms with E-state index in [0.29, 0.717) is 5.56 Å². The minimum atomic E-state index is -3.81. The van der Waals surface area contributed by atoms with Gasteiger partial charge in [0.1, 0.15) is 5.02 Å². The van der Waals surface area contributed by atoms with Gasteiger partial charge in [0.15, 0.2) is 0 Å². The Morgan fingerprint density at radius 2 is 1.90 bits per heavy atom. The van der Waals surface area contributed by atoms with Crippen molar-refractivity contribution in [3.63, 3.8) is 0 Å². The Hall–Kier alpha value is -1.18. The van der Waals surface area contributed by atoms with Crippen LogP contribution in [0.4, 0.5) is 5.69 Å². The summed E-state index contributed by atoms with van der Waals surface area (Å²) in [6, 6.07) is 2.27. The topological polar surface area (TPSA) is 89.3 Å². The Balaban J connectivity index is 3.25. The summed E-state index contributed by atoms with van der Waals surface area (Å²) in [6.45, 7) is 7.42. The Labute approximate surface area is 123 Å². The molecule has 0 saturated carbocycles. The van der Waals surface area contributed by atoms with Crippen LogP contribution in [0.5, 0.6) is 0 Å². The van der Waals surface area contributed by atoms with Gasteiger partial charge < -0.3 is 0 Å². The van der Waals surface area contributed by atoms with Crippen molar-refractivity contribution in [2.45, 2.75) is 32.6 Å². The van der Waals surface area contributed by atoms with Crippen LogP contribution < -0.4 is 4.72 Å². The smallest absolute Gasteiger partial charge is 0.258 e. The maximum absolute atomic E-state index is 12.2. The molecule has 1 rings (SSSR count). The standard InChI is InChI=1S/C12H17ClN2O4S/c1-8-5-9(13)10(15(16)17)6-11(8)20(18,19)14-7-12(2,3)4/h5-6,14H,7H2,1-4H3. The number of aryl methyl sites for hydroxylation is 1. The van der Waals surface area contributed by atoms with Crippen LogP contribution in [-0.4, -0.2) is 19.9 Å². The fourth-order valence-corrected chi connectivity index (χ4v) is 3.28. The van der Waals surface area contributed by atoms with Crippen LogP contribution >= 0.6 is 11.6 Å². The van der Waals surface area contributed by atoms with E-state index in [1.807, 2.05) is 20.8 Å². The molecule has 0 heterocycles. The van der Waals surface area contributed by atoms with E-state index in [4.69, 9.17) is 11.6 Å². The summed E-state index contributed by atoms with van der Waals surface area (Å²) in [4.78, 5) is 10.0. The van der Waals surface area contributed by atoms with Gasteiger partial charge in [-0.1, -0.05) is 32.4 Å². The number of halogens is 1. The second-order valence-corrected chi connectivity index (χ2v) is 7.85. The van der Waals surface area contributed by atoms with E-state index in [9.17, 15) is 18.5 Å². The number of sulfonamides is 1. The number of benzene rings is 1. The van der Waals surface area contributed by atoms with Gasteiger partial charge in [0.25, 0.3) is 5.69 Å². The molecule has 112 valence electrons. The van der Waals surface area contributed by atoms with Crippen molar-refractivity contribution in [2.24, 2.45) is 5.41 Å². The lowest BCUT2D eigenvalue weighted by Gasteiger charge is -2.19. The van der Waals surface area contributed by atoms with Gasteiger partial charge in [0, 0.05) is 12.6 Å². The van der Waals surface area contributed by atoms with Crippen LogP contribution in [0.25, 0.3) is 0 Å². The van der Waals surface area contributed by atoms with Gasteiger partial charge in [0.05, 0.1) is 9.82 Å². The predicted molar refractivity (Wildman–Crippen MR) is 77.5 cm³/mol. The van der Waals surface area contributed by atoms with E-state index in [0.717, 1.165) is 6.07 Å². The second kappa shape index (κ2) is 5.67. The molecule has 0 aliphatic carbocycles. The van der Waals surface area contributed by atoms with Crippen LogP contribution in [0.3, 0.4) is 0 Å². The summed E-state index contributed by atoms with van der Waals surface area (Å²) in [7, 11) is -3.81. The number of nitro groups is 1. The minimum absolute atomic E-state index is 0.0812. The summed E-state index contributed by atoms with van der Waals surface area (Å²) in [5.74, 6) is 0. The van der Waals surface area contributed by atoms with Gasteiger partial charge in [-0.05, 0) is 24.0 Å². The van der Waals surface area contributed by atoms with Gasteiger partial charge in [-0.3, -0.25) is 10.1 Å². The van der Waals surface area contributed by atoms with Crippen LogP contribution in [0.2, 0.25) is 5.02 Å². The molecule has 1 aromatic carbocycles. The molecule has 0 aromatic heterocycles. The lowest BCUT2D eigenvalue weighted by molar-refractivity contribution is -0.384. The summed E-state index contributed by atoms with van der Waals surface area (Å²) in [6.07, 6.45) is 0. The third-order valence-electron chi connectivity index (χ3n) is 2.52. The fourth-order valence-electron chi connectivity index (χ4n) is 1.46. The predicted octanol–water partition coefficient (Wildman–Crippen LogP) is 2.88.